The van der Waals surface area contributed by atoms with Gasteiger partial charge in [-0.2, -0.15) is 0 Å². The zero-order chi connectivity index (χ0) is 10.1. The van der Waals surface area contributed by atoms with Gasteiger partial charge in [-0.1, -0.05) is 26.2 Å². The normalized spacial score (nSPS) is 15.7. The molecule has 0 heterocycles. The molecular weight excluding hydrogens is 168 g/mol. The SMILES string of the molecule is CCC(CCCCO)CC(O)CO. The summed E-state index contributed by atoms with van der Waals surface area (Å²) in [4.78, 5) is 0. The molecule has 0 amide bonds. The van der Waals surface area contributed by atoms with Crippen molar-refractivity contribution < 1.29 is 15.3 Å². The standard InChI is InChI=1S/C10H22O3/c1-2-9(5-3-4-6-11)7-10(13)8-12/h9-13H,2-8H2,1H3. The second-order valence-corrected chi connectivity index (χ2v) is 3.57. The molecule has 3 nitrogen and oxygen atoms in total. The van der Waals surface area contributed by atoms with Crippen LogP contribution in [-0.2, 0) is 0 Å². The van der Waals surface area contributed by atoms with Gasteiger partial charge in [0.1, 0.15) is 0 Å². The van der Waals surface area contributed by atoms with Gasteiger partial charge in [0, 0.05) is 6.61 Å². The molecular formula is C10H22O3. The van der Waals surface area contributed by atoms with Crippen molar-refractivity contribution in [3.8, 4) is 0 Å². The summed E-state index contributed by atoms with van der Waals surface area (Å²) >= 11 is 0. The fraction of sp³-hybridized carbons (Fsp3) is 1.00. The first kappa shape index (κ1) is 12.9. The fourth-order valence-corrected chi connectivity index (χ4v) is 1.49. The van der Waals surface area contributed by atoms with Crippen molar-refractivity contribution in [3.63, 3.8) is 0 Å². The van der Waals surface area contributed by atoms with Crippen molar-refractivity contribution in [1.82, 2.24) is 0 Å². The van der Waals surface area contributed by atoms with Crippen LogP contribution in [0, 0.1) is 5.92 Å². The van der Waals surface area contributed by atoms with Gasteiger partial charge >= 0.3 is 0 Å². The molecule has 80 valence electrons. The van der Waals surface area contributed by atoms with Crippen LogP contribution in [0.1, 0.15) is 39.0 Å². The Morgan fingerprint density at radius 2 is 1.85 bits per heavy atom. The number of rotatable bonds is 8. The molecule has 0 aliphatic carbocycles. The topological polar surface area (TPSA) is 60.7 Å². The summed E-state index contributed by atoms with van der Waals surface area (Å²) < 4.78 is 0. The Labute approximate surface area is 80.4 Å². The van der Waals surface area contributed by atoms with Gasteiger partial charge in [-0.25, -0.2) is 0 Å². The van der Waals surface area contributed by atoms with Gasteiger partial charge in [-0.15, -0.1) is 0 Å². The van der Waals surface area contributed by atoms with Gasteiger partial charge < -0.3 is 15.3 Å². The molecule has 0 aliphatic rings. The van der Waals surface area contributed by atoms with Crippen molar-refractivity contribution in [3.05, 3.63) is 0 Å². The minimum Gasteiger partial charge on any atom is -0.396 e. The summed E-state index contributed by atoms with van der Waals surface area (Å²) in [6.45, 7) is 2.20. The lowest BCUT2D eigenvalue weighted by molar-refractivity contribution is 0.0715. The van der Waals surface area contributed by atoms with Crippen molar-refractivity contribution >= 4 is 0 Å². The average molecular weight is 190 g/mol. The maximum atomic E-state index is 9.22. The van der Waals surface area contributed by atoms with Crippen molar-refractivity contribution in [1.29, 1.82) is 0 Å². The highest BCUT2D eigenvalue weighted by Gasteiger charge is 2.11. The summed E-state index contributed by atoms with van der Waals surface area (Å²) in [6.07, 6.45) is 4.02. The van der Waals surface area contributed by atoms with E-state index in [0.717, 1.165) is 25.7 Å². The lowest BCUT2D eigenvalue weighted by atomic mass is 9.93. The Morgan fingerprint density at radius 1 is 1.15 bits per heavy atom. The van der Waals surface area contributed by atoms with Gasteiger partial charge in [0.15, 0.2) is 0 Å². The van der Waals surface area contributed by atoms with Crippen LogP contribution in [-0.4, -0.2) is 34.6 Å². The molecule has 0 rings (SSSR count). The number of aliphatic hydroxyl groups excluding tert-OH is 3. The Hall–Kier alpha value is -0.120. The Balaban J connectivity index is 3.50. The van der Waals surface area contributed by atoms with E-state index in [1.54, 1.807) is 0 Å². The molecule has 0 radical (unpaired) electrons. The number of hydrogen-bond acceptors (Lipinski definition) is 3. The van der Waals surface area contributed by atoms with Crippen LogP contribution in [0.15, 0.2) is 0 Å². The molecule has 2 unspecified atom stereocenters. The molecule has 0 aromatic heterocycles. The molecule has 3 N–H and O–H groups in total. The average Bonchev–Trinajstić information content (AvgIpc) is 2.16. The largest absolute Gasteiger partial charge is 0.396 e. The van der Waals surface area contributed by atoms with Crippen LogP contribution in [0.3, 0.4) is 0 Å². The smallest absolute Gasteiger partial charge is 0.0773 e. The molecule has 0 aromatic rings. The predicted molar refractivity (Wildman–Crippen MR) is 52.4 cm³/mol. The Kier molecular flexibility index (Phi) is 8.40. The maximum Gasteiger partial charge on any atom is 0.0773 e. The van der Waals surface area contributed by atoms with Gasteiger partial charge in [-0.05, 0) is 18.8 Å². The Morgan fingerprint density at radius 3 is 2.31 bits per heavy atom. The van der Waals surface area contributed by atoms with E-state index in [-0.39, 0.29) is 13.2 Å². The van der Waals surface area contributed by atoms with E-state index in [2.05, 4.69) is 6.92 Å². The highest BCUT2D eigenvalue weighted by atomic mass is 16.3. The highest BCUT2D eigenvalue weighted by Crippen LogP contribution is 2.18. The van der Waals surface area contributed by atoms with E-state index in [1.165, 1.54) is 0 Å². The predicted octanol–water partition coefficient (Wildman–Crippen LogP) is 0.918. The van der Waals surface area contributed by atoms with E-state index in [1.807, 2.05) is 0 Å². The van der Waals surface area contributed by atoms with Gasteiger partial charge in [0.05, 0.1) is 12.7 Å². The second-order valence-electron chi connectivity index (χ2n) is 3.57. The first-order valence-corrected chi connectivity index (χ1v) is 5.14. The summed E-state index contributed by atoms with van der Waals surface area (Å²) in [5.41, 5.74) is 0. The molecule has 3 heteroatoms. The molecule has 0 saturated heterocycles. The van der Waals surface area contributed by atoms with E-state index >= 15 is 0 Å². The van der Waals surface area contributed by atoms with Crippen LogP contribution in [0.5, 0.6) is 0 Å². The summed E-state index contributed by atoms with van der Waals surface area (Å²) in [5, 5.41) is 26.5. The molecule has 0 aromatic carbocycles. The van der Waals surface area contributed by atoms with Crippen molar-refractivity contribution in [2.24, 2.45) is 5.92 Å². The summed E-state index contributed by atoms with van der Waals surface area (Å²) in [5.74, 6) is 0.480. The van der Waals surface area contributed by atoms with E-state index in [4.69, 9.17) is 10.2 Å². The van der Waals surface area contributed by atoms with Crippen LogP contribution in [0.25, 0.3) is 0 Å². The third-order valence-corrected chi connectivity index (χ3v) is 2.41. The summed E-state index contributed by atoms with van der Waals surface area (Å²) in [7, 11) is 0. The summed E-state index contributed by atoms with van der Waals surface area (Å²) in [6, 6.07) is 0. The zero-order valence-corrected chi connectivity index (χ0v) is 8.45. The van der Waals surface area contributed by atoms with E-state index < -0.39 is 6.10 Å². The van der Waals surface area contributed by atoms with Gasteiger partial charge in [0.2, 0.25) is 0 Å². The molecule has 0 spiro atoms. The minimum atomic E-state index is -0.570. The first-order chi connectivity index (χ1) is 6.24. The van der Waals surface area contributed by atoms with Crippen molar-refractivity contribution in [2.45, 2.75) is 45.1 Å². The molecule has 13 heavy (non-hydrogen) atoms. The maximum absolute atomic E-state index is 9.22. The van der Waals surface area contributed by atoms with Gasteiger partial charge in [0.25, 0.3) is 0 Å². The zero-order valence-electron chi connectivity index (χ0n) is 8.45. The number of aliphatic hydroxyl groups is 3. The van der Waals surface area contributed by atoms with Crippen LogP contribution < -0.4 is 0 Å². The lowest BCUT2D eigenvalue weighted by Gasteiger charge is -2.17. The molecule has 0 fully saturated rings. The second kappa shape index (κ2) is 8.48. The van der Waals surface area contributed by atoms with Gasteiger partial charge in [-0.3, -0.25) is 0 Å². The Bertz CT molecular complexity index is 106. The number of hydrogen-bond donors (Lipinski definition) is 3. The van der Waals surface area contributed by atoms with E-state index in [9.17, 15) is 5.11 Å². The van der Waals surface area contributed by atoms with Crippen LogP contribution in [0.4, 0.5) is 0 Å². The molecule has 0 saturated carbocycles. The quantitative estimate of drug-likeness (QED) is 0.499. The molecule has 0 bridgehead atoms. The van der Waals surface area contributed by atoms with Crippen LogP contribution in [0.2, 0.25) is 0 Å². The lowest BCUT2D eigenvalue weighted by Crippen LogP contribution is -2.17. The minimum absolute atomic E-state index is 0.142. The highest BCUT2D eigenvalue weighted by molar-refractivity contribution is 4.63. The molecule has 0 aliphatic heterocycles. The third kappa shape index (κ3) is 6.99. The number of unbranched alkanes of at least 4 members (excludes halogenated alkanes) is 1. The fourth-order valence-electron chi connectivity index (χ4n) is 1.49. The van der Waals surface area contributed by atoms with Crippen molar-refractivity contribution in [2.75, 3.05) is 13.2 Å². The molecule has 2 atom stereocenters. The third-order valence-electron chi connectivity index (χ3n) is 2.41. The van der Waals surface area contributed by atoms with E-state index in [0.29, 0.717) is 12.3 Å². The monoisotopic (exact) mass is 190 g/mol. The first-order valence-electron chi connectivity index (χ1n) is 5.14. The van der Waals surface area contributed by atoms with Crippen LogP contribution >= 0.6 is 0 Å².